The fourth-order valence-electron chi connectivity index (χ4n) is 4.30. The standard InChI is InChI=1S/C22H26FN5O/c1-15-9-19-20(25-12-15)3-2-4-21(19)26-17-5-7-27(8-6-17)14-22(29)28-13-16(23)10-18(28)11-24/h2-4,9,12,16-18,26H,5-8,10,13-14H2,1H3. The molecule has 0 radical (unpaired) electrons. The number of carbonyl (C=O) groups excluding carboxylic acids is 1. The Kier molecular flexibility index (Phi) is 5.63. The van der Waals surface area contributed by atoms with Gasteiger partial charge in [0, 0.05) is 42.8 Å². The predicted octanol–water partition coefficient (Wildman–Crippen LogP) is 2.88. The molecule has 2 aliphatic rings. The average Bonchev–Trinajstić information content (AvgIpc) is 3.11. The van der Waals surface area contributed by atoms with Gasteiger partial charge in [-0.25, -0.2) is 4.39 Å². The number of aryl methyl sites for hydroxylation is 1. The number of nitrogens with zero attached hydrogens (tertiary/aromatic N) is 4. The zero-order valence-electron chi connectivity index (χ0n) is 16.6. The van der Waals surface area contributed by atoms with Crippen LogP contribution in [0.15, 0.2) is 30.5 Å². The molecule has 0 spiro atoms. The van der Waals surface area contributed by atoms with Crippen LogP contribution < -0.4 is 5.32 Å². The van der Waals surface area contributed by atoms with Crippen molar-refractivity contribution in [3.8, 4) is 6.07 Å². The third kappa shape index (κ3) is 4.33. The molecule has 29 heavy (non-hydrogen) atoms. The third-order valence-electron chi connectivity index (χ3n) is 5.89. The maximum absolute atomic E-state index is 13.6. The van der Waals surface area contributed by atoms with Crippen molar-refractivity contribution in [3.63, 3.8) is 0 Å². The number of hydrogen-bond donors (Lipinski definition) is 1. The zero-order valence-corrected chi connectivity index (χ0v) is 16.6. The van der Waals surface area contributed by atoms with E-state index in [4.69, 9.17) is 5.26 Å². The lowest BCUT2D eigenvalue weighted by Gasteiger charge is -2.33. The lowest BCUT2D eigenvalue weighted by molar-refractivity contribution is -0.132. The van der Waals surface area contributed by atoms with Gasteiger partial charge in [0.15, 0.2) is 0 Å². The maximum atomic E-state index is 13.6. The number of piperidine rings is 1. The van der Waals surface area contributed by atoms with Crippen molar-refractivity contribution in [3.05, 3.63) is 36.0 Å². The van der Waals surface area contributed by atoms with E-state index in [0.717, 1.165) is 48.1 Å². The Morgan fingerprint density at radius 2 is 2.17 bits per heavy atom. The summed E-state index contributed by atoms with van der Waals surface area (Å²) in [5, 5.41) is 13.9. The Balaban J connectivity index is 1.33. The van der Waals surface area contributed by atoms with Crippen LogP contribution >= 0.6 is 0 Å². The van der Waals surface area contributed by atoms with Gasteiger partial charge in [-0.1, -0.05) is 6.07 Å². The first kappa shape index (κ1) is 19.6. The molecule has 2 fully saturated rings. The van der Waals surface area contributed by atoms with E-state index in [-0.39, 0.29) is 25.4 Å². The molecule has 1 aromatic carbocycles. The molecule has 0 aliphatic carbocycles. The molecule has 1 amide bonds. The topological polar surface area (TPSA) is 72.3 Å². The second kappa shape index (κ2) is 8.34. The van der Waals surface area contributed by atoms with Crippen LogP contribution in [0.1, 0.15) is 24.8 Å². The lowest BCUT2D eigenvalue weighted by atomic mass is 10.0. The minimum absolute atomic E-state index is 0.0453. The molecular weight excluding hydrogens is 369 g/mol. The SMILES string of the molecule is Cc1cnc2cccc(NC3CCN(CC(=O)N4CC(F)CC4C#N)CC3)c2c1. The van der Waals surface area contributed by atoms with Gasteiger partial charge >= 0.3 is 0 Å². The summed E-state index contributed by atoms with van der Waals surface area (Å²) in [6, 6.07) is 10.0. The van der Waals surface area contributed by atoms with Gasteiger partial charge in [-0.2, -0.15) is 5.26 Å². The monoisotopic (exact) mass is 395 g/mol. The molecule has 2 aromatic rings. The summed E-state index contributed by atoms with van der Waals surface area (Å²) in [7, 11) is 0. The number of benzene rings is 1. The minimum atomic E-state index is -1.09. The van der Waals surface area contributed by atoms with E-state index in [2.05, 4.69) is 27.3 Å². The summed E-state index contributed by atoms with van der Waals surface area (Å²) in [5.41, 5.74) is 3.21. The van der Waals surface area contributed by atoms with Crippen molar-refractivity contribution in [2.75, 3.05) is 31.5 Å². The van der Waals surface area contributed by atoms with Crippen LogP contribution in [0.2, 0.25) is 0 Å². The Labute approximate surface area is 170 Å². The summed E-state index contributed by atoms with van der Waals surface area (Å²) >= 11 is 0. The number of likely N-dealkylation sites (tertiary alicyclic amines) is 2. The van der Waals surface area contributed by atoms with E-state index in [9.17, 15) is 9.18 Å². The second-order valence-corrected chi connectivity index (χ2v) is 8.10. The third-order valence-corrected chi connectivity index (χ3v) is 5.89. The highest BCUT2D eigenvalue weighted by Gasteiger charge is 2.36. The largest absolute Gasteiger partial charge is 0.382 e. The normalized spacial score (nSPS) is 23.3. The maximum Gasteiger partial charge on any atom is 0.237 e. The predicted molar refractivity (Wildman–Crippen MR) is 110 cm³/mol. The van der Waals surface area contributed by atoms with E-state index >= 15 is 0 Å². The van der Waals surface area contributed by atoms with E-state index in [1.165, 1.54) is 4.90 Å². The van der Waals surface area contributed by atoms with Gasteiger partial charge in [-0.05, 0) is 43.5 Å². The van der Waals surface area contributed by atoms with E-state index in [0.29, 0.717) is 6.04 Å². The lowest BCUT2D eigenvalue weighted by Crippen LogP contribution is -2.46. The summed E-state index contributed by atoms with van der Waals surface area (Å²) in [6.45, 7) is 3.95. The van der Waals surface area contributed by atoms with Crippen molar-refractivity contribution in [1.29, 1.82) is 5.26 Å². The number of aromatic nitrogens is 1. The first-order valence-electron chi connectivity index (χ1n) is 10.2. The molecule has 6 nitrogen and oxygen atoms in total. The summed E-state index contributed by atoms with van der Waals surface area (Å²) in [5.74, 6) is -0.140. The van der Waals surface area contributed by atoms with Crippen LogP contribution in [0.25, 0.3) is 10.9 Å². The highest BCUT2D eigenvalue weighted by Crippen LogP contribution is 2.26. The van der Waals surface area contributed by atoms with Crippen LogP contribution in [-0.2, 0) is 4.79 Å². The fraction of sp³-hybridized carbons (Fsp3) is 0.500. The molecule has 1 aromatic heterocycles. The van der Waals surface area contributed by atoms with Crippen LogP contribution in [0.5, 0.6) is 0 Å². The number of hydrogen-bond acceptors (Lipinski definition) is 5. The van der Waals surface area contributed by atoms with Crippen LogP contribution in [0, 0.1) is 18.3 Å². The summed E-state index contributed by atoms with van der Waals surface area (Å²) in [4.78, 5) is 20.5. The van der Waals surface area contributed by atoms with Crippen molar-refractivity contribution in [2.24, 2.45) is 0 Å². The molecule has 2 aliphatic heterocycles. The van der Waals surface area contributed by atoms with Gasteiger partial charge in [0.1, 0.15) is 12.2 Å². The van der Waals surface area contributed by atoms with Crippen LogP contribution in [0.3, 0.4) is 0 Å². The molecule has 1 N–H and O–H groups in total. The first-order valence-corrected chi connectivity index (χ1v) is 10.2. The number of nitriles is 1. The van der Waals surface area contributed by atoms with Gasteiger partial charge in [0.2, 0.25) is 5.91 Å². The number of amides is 1. The average molecular weight is 395 g/mol. The Hall–Kier alpha value is -2.72. The van der Waals surface area contributed by atoms with Gasteiger partial charge < -0.3 is 10.2 Å². The van der Waals surface area contributed by atoms with Gasteiger partial charge in [-0.15, -0.1) is 0 Å². The summed E-state index contributed by atoms with van der Waals surface area (Å²) in [6.07, 6.45) is 2.78. The molecule has 3 heterocycles. The highest BCUT2D eigenvalue weighted by molar-refractivity contribution is 5.91. The Morgan fingerprint density at radius 3 is 2.93 bits per heavy atom. The number of nitrogens with one attached hydrogen (secondary N) is 1. The van der Waals surface area contributed by atoms with Crippen molar-refractivity contribution < 1.29 is 9.18 Å². The van der Waals surface area contributed by atoms with E-state index in [1.54, 1.807) is 0 Å². The minimum Gasteiger partial charge on any atom is -0.382 e. The van der Waals surface area contributed by atoms with Crippen molar-refractivity contribution in [1.82, 2.24) is 14.8 Å². The van der Waals surface area contributed by atoms with Crippen LogP contribution in [0.4, 0.5) is 10.1 Å². The number of rotatable bonds is 4. The second-order valence-electron chi connectivity index (χ2n) is 8.10. The van der Waals surface area contributed by atoms with Gasteiger partial charge in [0.05, 0.1) is 24.7 Å². The number of fused-ring (bicyclic) bond motifs is 1. The number of halogens is 1. The summed E-state index contributed by atoms with van der Waals surface area (Å²) < 4.78 is 13.6. The van der Waals surface area contributed by atoms with Crippen LogP contribution in [-0.4, -0.2) is 65.1 Å². The van der Waals surface area contributed by atoms with Gasteiger partial charge in [0.25, 0.3) is 0 Å². The number of anilines is 1. The zero-order chi connectivity index (χ0) is 20.4. The molecule has 7 heteroatoms. The quantitative estimate of drug-likeness (QED) is 0.862. The number of alkyl halides is 1. The van der Waals surface area contributed by atoms with Crippen molar-refractivity contribution >= 4 is 22.5 Å². The molecule has 152 valence electrons. The fourth-order valence-corrected chi connectivity index (χ4v) is 4.30. The molecule has 4 rings (SSSR count). The Morgan fingerprint density at radius 1 is 1.38 bits per heavy atom. The van der Waals surface area contributed by atoms with Gasteiger partial charge in [-0.3, -0.25) is 14.7 Å². The van der Waals surface area contributed by atoms with E-state index in [1.807, 2.05) is 31.3 Å². The molecule has 2 unspecified atom stereocenters. The molecule has 2 saturated heterocycles. The number of pyridine rings is 1. The first-order chi connectivity index (χ1) is 14.0. The highest BCUT2D eigenvalue weighted by atomic mass is 19.1. The van der Waals surface area contributed by atoms with E-state index < -0.39 is 12.2 Å². The van der Waals surface area contributed by atoms with Crippen molar-refractivity contribution in [2.45, 2.75) is 44.4 Å². The molecular formula is C22H26FN5O. The molecule has 0 saturated carbocycles. The Bertz CT molecular complexity index is 934. The molecule has 0 bridgehead atoms. The molecule has 2 atom stereocenters. The smallest absolute Gasteiger partial charge is 0.237 e. The number of carbonyl (C=O) groups is 1.